The van der Waals surface area contributed by atoms with Gasteiger partial charge in [-0.15, -0.1) is 0 Å². The molecule has 0 atom stereocenters. The molecule has 0 radical (unpaired) electrons. The Bertz CT molecular complexity index is 284. The second-order valence-corrected chi connectivity index (χ2v) is 1.99. The number of aliphatic hydroxyl groups is 1. The summed E-state index contributed by atoms with van der Waals surface area (Å²) >= 11 is 0. The van der Waals surface area contributed by atoms with Gasteiger partial charge < -0.3 is 5.11 Å². The van der Waals surface area contributed by atoms with E-state index < -0.39 is 37.5 Å². The summed E-state index contributed by atoms with van der Waals surface area (Å²) < 4.78 is 60.3. The fourth-order valence-electron chi connectivity index (χ4n) is 0.449. The molecule has 0 aromatic rings. The summed E-state index contributed by atoms with van der Waals surface area (Å²) in [5.41, 5.74) is -2.13. The standard InChI is InChI=1S/C7H14O/c1-7(6-8)4-2-3-5-7/h8H,2-6H2,1H3/i2D2,3D2,4D2,5D2. The lowest BCUT2D eigenvalue weighted by atomic mass is 9.90. The fourth-order valence-corrected chi connectivity index (χ4v) is 0.449. The van der Waals surface area contributed by atoms with Gasteiger partial charge in [0.05, 0.1) is 0 Å². The van der Waals surface area contributed by atoms with E-state index in [1.54, 1.807) is 0 Å². The first-order chi connectivity index (χ1) is 6.81. The van der Waals surface area contributed by atoms with Crippen molar-refractivity contribution in [1.29, 1.82) is 0 Å². The predicted octanol–water partition coefficient (Wildman–Crippen LogP) is 1.56. The van der Waals surface area contributed by atoms with Gasteiger partial charge in [-0.3, -0.25) is 0 Å². The van der Waals surface area contributed by atoms with Crippen molar-refractivity contribution in [2.75, 3.05) is 6.61 Å². The highest BCUT2D eigenvalue weighted by Crippen LogP contribution is 2.36. The molecule has 1 nitrogen and oxygen atoms in total. The molecule has 1 aliphatic rings. The number of hydrogen-bond donors (Lipinski definition) is 1. The maximum Gasteiger partial charge on any atom is 0.0484 e. The van der Waals surface area contributed by atoms with Gasteiger partial charge in [-0.1, -0.05) is 19.7 Å². The van der Waals surface area contributed by atoms with Crippen LogP contribution in [0.25, 0.3) is 0 Å². The Morgan fingerprint density at radius 1 is 1.62 bits per heavy atom. The number of aliphatic hydroxyl groups excluding tert-OH is 1. The minimum absolute atomic E-state index is 0.966. The molecule has 0 aliphatic heterocycles. The van der Waals surface area contributed by atoms with Gasteiger partial charge in [0.1, 0.15) is 0 Å². The van der Waals surface area contributed by atoms with Crippen molar-refractivity contribution >= 4 is 0 Å². The lowest BCUT2D eigenvalue weighted by Gasteiger charge is -2.18. The zero-order chi connectivity index (χ0) is 13.2. The third-order valence-corrected chi connectivity index (χ3v) is 1.06. The summed E-state index contributed by atoms with van der Waals surface area (Å²) in [7, 11) is 0. The minimum atomic E-state index is -3.01. The van der Waals surface area contributed by atoms with E-state index in [9.17, 15) is 0 Å². The highest BCUT2D eigenvalue weighted by atomic mass is 16.3. The molecule has 0 bridgehead atoms. The van der Waals surface area contributed by atoms with Crippen molar-refractivity contribution in [3.05, 3.63) is 0 Å². The van der Waals surface area contributed by atoms with E-state index in [4.69, 9.17) is 16.1 Å². The molecule has 1 fully saturated rings. The summed E-state index contributed by atoms with van der Waals surface area (Å²) in [5, 5.41) is 9.15. The van der Waals surface area contributed by atoms with Crippen molar-refractivity contribution in [3.63, 3.8) is 0 Å². The highest BCUT2D eigenvalue weighted by molar-refractivity contribution is 4.78. The first kappa shape index (κ1) is 1.51. The third-order valence-electron chi connectivity index (χ3n) is 1.06. The van der Waals surface area contributed by atoms with Gasteiger partial charge >= 0.3 is 0 Å². The second-order valence-electron chi connectivity index (χ2n) is 1.99. The number of hydrogen-bond acceptors (Lipinski definition) is 1. The molecule has 0 aromatic heterocycles. The smallest absolute Gasteiger partial charge is 0.0484 e. The van der Waals surface area contributed by atoms with Crippen LogP contribution in [0.1, 0.15) is 43.4 Å². The lowest BCUT2D eigenvalue weighted by molar-refractivity contribution is 0.149. The van der Waals surface area contributed by atoms with Gasteiger partial charge in [-0.05, 0) is 18.2 Å². The Balaban J connectivity index is 3.58. The average molecular weight is 122 g/mol. The van der Waals surface area contributed by atoms with Crippen molar-refractivity contribution in [2.45, 2.75) is 32.4 Å². The molecule has 0 saturated heterocycles. The van der Waals surface area contributed by atoms with Crippen LogP contribution >= 0.6 is 0 Å². The maximum absolute atomic E-state index is 9.15. The summed E-state index contributed by atoms with van der Waals surface area (Å²) in [6.07, 6.45) is -11.6. The molecule has 8 heavy (non-hydrogen) atoms. The van der Waals surface area contributed by atoms with Crippen LogP contribution in [-0.4, -0.2) is 11.7 Å². The van der Waals surface area contributed by atoms with E-state index in [-0.39, 0.29) is 0 Å². The zero-order valence-corrected chi connectivity index (χ0v) is 4.65. The van der Waals surface area contributed by atoms with Crippen molar-refractivity contribution < 1.29 is 16.1 Å². The molecule has 0 amide bonds. The minimum Gasteiger partial charge on any atom is -0.396 e. The molecule has 0 spiro atoms. The van der Waals surface area contributed by atoms with Gasteiger partial charge in [0.25, 0.3) is 0 Å². The van der Waals surface area contributed by atoms with E-state index in [0.29, 0.717) is 0 Å². The predicted molar refractivity (Wildman–Crippen MR) is 33.7 cm³/mol. The largest absolute Gasteiger partial charge is 0.396 e. The van der Waals surface area contributed by atoms with Gasteiger partial charge in [0.2, 0.25) is 0 Å². The van der Waals surface area contributed by atoms with E-state index >= 15 is 0 Å². The fraction of sp³-hybridized carbons (Fsp3) is 1.00. The van der Waals surface area contributed by atoms with Gasteiger partial charge in [-0.25, -0.2) is 0 Å². The molecule has 1 saturated carbocycles. The topological polar surface area (TPSA) is 20.2 Å². The maximum atomic E-state index is 9.15. The van der Waals surface area contributed by atoms with Crippen LogP contribution in [-0.2, 0) is 0 Å². The zero-order valence-electron chi connectivity index (χ0n) is 12.7. The van der Waals surface area contributed by atoms with Crippen LogP contribution in [0, 0.1) is 5.41 Å². The Kier molecular flexibility index (Phi) is 0.389. The Labute approximate surface area is 62.0 Å². The summed E-state index contributed by atoms with van der Waals surface area (Å²) in [4.78, 5) is 0. The lowest BCUT2D eigenvalue weighted by Crippen LogP contribution is -2.15. The van der Waals surface area contributed by atoms with Gasteiger partial charge in [0.15, 0.2) is 0 Å². The average Bonchev–Trinajstić information content (AvgIpc) is 2.18. The summed E-state index contributed by atoms with van der Waals surface area (Å²) in [6, 6.07) is 0. The van der Waals surface area contributed by atoms with Gasteiger partial charge in [-0.2, -0.15) is 0 Å². The molecule has 1 heteroatoms. The molecule has 0 unspecified atom stereocenters. The Morgan fingerprint density at radius 2 is 2.12 bits per heavy atom. The molecule has 1 rings (SSSR count). The van der Waals surface area contributed by atoms with Crippen molar-refractivity contribution in [3.8, 4) is 0 Å². The van der Waals surface area contributed by atoms with E-state index in [2.05, 4.69) is 0 Å². The Morgan fingerprint density at radius 3 is 2.38 bits per heavy atom. The van der Waals surface area contributed by atoms with Crippen LogP contribution in [0.5, 0.6) is 0 Å². The van der Waals surface area contributed by atoms with Crippen LogP contribution in [0.2, 0.25) is 0 Å². The third kappa shape index (κ3) is 1.03. The molecule has 0 heterocycles. The molecular formula is C7H14O. The van der Waals surface area contributed by atoms with E-state index in [1.165, 1.54) is 0 Å². The van der Waals surface area contributed by atoms with Crippen LogP contribution in [0.15, 0.2) is 0 Å². The summed E-state index contributed by atoms with van der Waals surface area (Å²) in [5.74, 6) is 0. The monoisotopic (exact) mass is 122 g/mol. The first-order valence-corrected chi connectivity index (χ1v) is 2.42. The normalized spacial score (nSPS) is 66.2. The molecule has 1 N–H and O–H groups in total. The van der Waals surface area contributed by atoms with Gasteiger partial charge in [0, 0.05) is 17.6 Å². The second kappa shape index (κ2) is 2.06. The molecular weight excluding hydrogens is 100 g/mol. The van der Waals surface area contributed by atoms with Crippen LogP contribution in [0.4, 0.5) is 0 Å². The quantitative estimate of drug-likeness (QED) is 0.559. The molecule has 1 aliphatic carbocycles. The van der Waals surface area contributed by atoms with Crippen molar-refractivity contribution in [2.24, 2.45) is 5.41 Å². The highest BCUT2D eigenvalue weighted by Gasteiger charge is 2.26. The summed E-state index contributed by atoms with van der Waals surface area (Å²) in [6.45, 7) is 0.0572. The molecule has 0 aromatic carbocycles. The molecule has 48 valence electrons. The van der Waals surface area contributed by atoms with Crippen molar-refractivity contribution in [1.82, 2.24) is 0 Å². The van der Waals surface area contributed by atoms with E-state index in [1.807, 2.05) is 0 Å². The Hall–Kier alpha value is -0.0400. The number of rotatable bonds is 1. The van der Waals surface area contributed by atoms with Crippen LogP contribution in [0.3, 0.4) is 0 Å². The van der Waals surface area contributed by atoms with Crippen LogP contribution < -0.4 is 0 Å². The first-order valence-electron chi connectivity index (χ1n) is 6.42. The SMILES string of the molecule is [2H]C1([2H])C([2H])([2H])C([2H])([2H])C(C)(CO)C1([2H])[2H]. The van der Waals surface area contributed by atoms with E-state index in [0.717, 1.165) is 6.92 Å².